The van der Waals surface area contributed by atoms with Crippen LogP contribution in [0.15, 0.2) is 36.4 Å². The number of likely N-dealkylation sites (tertiary alicyclic amines) is 1. The zero-order chi connectivity index (χ0) is 22.5. The maximum Gasteiger partial charge on any atom is 0.573 e. The standard InChI is InChI=1S/C24H27F4N3O/c1-15-6-7-17-12-18(25)13-20-23(17)31(15)22(29-20)14-30-10-8-16(9-11-30)19-4-2-3-5-21(19)32-24(26,27)28/h2-5,12-13,15-16,22,29H,6-11,14H2,1H3. The summed E-state index contributed by atoms with van der Waals surface area (Å²) in [6.07, 6.45) is -1.20. The van der Waals surface area contributed by atoms with Crippen LogP contribution in [0.5, 0.6) is 5.75 Å². The molecule has 3 aliphatic rings. The van der Waals surface area contributed by atoms with Crippen LogP contribution in [-0.2, 0) is 6.42 Å². The summed E-state index contributed by atoms with van der Waals surface area (Å²) in [5.41, 5.74) is 3.68. The SMILES string of the molecule is CC1CCc2cc(F)cc3c2N1C(CN1CCC(c2ccccc2OC(F)(F)F)CC1)N3. The van der Waals surface area contributed by atoms with Crippen molar-refractivity contribution in [3.63, 3.8) is 0 Å². The Kier molecular flexibility index (Phi) is 5.43. The zero-order valence-corrected chi connectivity index (χ0v) is 18.0. The zero-order valence-electron chi connectivity index (χ0n) is 18.0. The first kappa shape index (κ1) is 21.4. The monoisotopic (exact) mass is 449 g/mol. The van der Waals surface area contributed by atoms with E-state index in [9.17, 15) is 17.6 Å². The average Bonchev–Trinajstić information content (AvgIpc) is 3.09. The Bertz CT molecular complexity index is 988. The fourth-order valence-corrected chi connectivity index (χ4v) is 5.54. The largest absolute Gasteiger partial charge is 0.573 e. The van der Waals surface area contributed by atoms with E-state index in [4.69, 9.17) is 0 Å². The molecule has 1 N–H and O–H groups in total. The maximum absolute atomic E-state index is 14.0. The lowest BCUT2D eigenvalue weighted by Gasteiger charge is -2.40. The minimum Gasteiger partial charge on any atom is -0.405 e. The van der Waals surface area contributed by atoms with Gasteiger partial charge in [-0.2, -0.15) is 0 Å². The number of hydrogen-bond acceptors (Lipinski definition) is 4. The highest BCUT2D eigenvalue weighted by atomic mass is 19.4. The number of para-hydroxylation sites is 1. The van der Waals surface area contributed by atoms with Crippen molar-refractivity contribution in [2.75, 3.05) is 29.9 Å². The van der Waals surface area contributed by atoms with E-state index in [0.29, 0.717) is 11.6 Å². The van der Waals surface area contributed by atoms with Gasteiger partial charge in [0.2, 0.25) is 0 Å². The molecule has 32 heavy (non-hydrogen) atoms. The molecule has 0 saturated carbocycles. The summed E-state index contributed by atoms with van der Waals surface area (Å²) in [5, 5.41) is 3.51. The molecule has 1 saturated heterocycles. The van der Waals surface area contributed by atoms with Crippen molar-refractivity contribution >= 4 is 11.4 Å². The van der Waals surface area contributed by atoms with Crippen LogP contribution in [0.1, 0.15) is 43.2 Å². The van der Waals surface area contributed by atoms with Crippen LogP contribution in [0, 0.1) is 5.82 Å². The van der Waals surface area contributed by atoms with Gasteiger partial charge in [0, 0.05) is 12.6 Å². The predicted octanol–water partition coefficient (Wildman–Crippen LogP) is 5.50. The Balaban J connectivity index is 1.25. The molecular weight excluding hydrogens is 422 g/mol. The van der Waals surface area contributed by atoms with Gasteiger partial charge in [0.1, 0.15) is 17.7 Å². The first-order valence-corrected chi connectivity index (χ1v) is 11.2. The molecule has 2 unspecified atom stereocenters. The molecule has 1 fully saturated rings. The highest BCUT2D eigenvalue weighted by Gasteiger charge is 2.39. The highest BCUT2D eigenvalue weighted by Crippen LogP contribution is 2.44. The minimum absolute atomic E-state index is 0.0353. The van der Waals surface area contributed by atoms with Gasteiger partial charge < -0.3 is 15.0 Å². The summed E-state index contributed by atoms with van der Waals surface area (Å²) in [4.78, 5) is 4.73. The fraction of sp³-hybridized carbons (Fsp3) is 0.500. The Morgan fingerprint density at radius 2 is 1.84 bits per heavy atom. The van der Waals surface area contributed by atoms with Crippen molar-refractivity contribution < 1.29 is 22.3 Å². The molecule has 0 spiro atoms. The molecule has 3 aliphatic heterocycles. The van der Waals surface area contributed by atoms with Crippen LogP contribution in [0.2, 0.25) is 0 Å². The summed E-state index contributed by atoms with van der Waals surface area (Å²) < 4.78 is 56.7. The molecule has 4 nitrogen and oxygen atoms in total. The smallest absolute Gasteiger partial charge is 0.405 e. The summed E-state index contributed by atoms with van der Waals surface area (Å²) in [6, 6.07) is 10.1. The van der Waals surface area contributed by atoms with E-state index in [1.54, 1.807) is 30.3 Å². The first-order valence-electron chi connectivity index (χ1n) is 11.2. The predicted molar refractivity (Wildman–Crippen MR) is 116 cm³/mol. The summed E-state index contributed by atoms with van der Waals surface area (Å²) in [5.74, 6) is -0.266. The Morgan fingerprint density at radius 1 is 1.09 bits per heavy atom. The van der Waals surface area contributed by atoms with Crippen molar-refractivity contribution in [3.05, 3.63) is 53.3 Å². The van der Waals surface area contributed by atoms with Gasteiger partial charge in [-0.25, -0.2) is 4.39 Å². The van der Waals surface area contributed by atoms with Gasteiger partial charge in [-0.05, 0) is 80.9 Å². The molecule has 0 amide bonds. The third kappa shape index (κ3) is 4.12. The molecule has 0 radical (unpaired) electrons. The van der Waals surface area contributed by atoms with E-state index in [1.165, 1.54) is 6.07 Å². The quantitative estimate of drug-likeness (QED) is 0.624. The summed E-state index contributed by atoms with van der Waals surface area (Å²) in [6.45, 7) is 4.58. The van der Waals surface area contributed by atoms with E-state index in [1.807, 2.05) is 0 Å². The second kappa shape index (κ2) is 8.14. The number of hydrogen-bond donors (Lipinski definition) is 1. The number of anilines is 2. The fourth-order valence-electron chi connectivity index (χ4n) is 5.54. The molecule has 0 bridgehead atoms. The van der Waals surface area contributed by atoms with Gasteiger partial charge in [0.15, 0.2) is 0 Å². The van der Waals surface area contributed by atoms with Gasteiger partial charge in [-0.15, -0.1) is 13.2 Å². The van der Waals surface area contributed by atoms with Crippen molar-refractivity contribution in [2.45, 2.75) is 57.1 Å². The third-order valence-corrected chi connectivity index (χ3v) is 6.98. The van der Waals surface area contributed by atoms with Crippen molar-refractivity contribution in [1.82, 2.24) is 4.90 Å². The molecule has 0 aromatic heterocycles. The second-order valence-corrected chi connectivity index (χ2v) is 9.08. The lowest BCUT2D eigenvalue weighted by Crippen LogP contribution is -2.51. The Morgan fingerprint density at radius 3 is 2.59 bits per heavy atom. The Hall–Kier alpha value is -2.48. The van der Waals surface area contributed by atoms with Crippen molar-refractivity contribution in [2.24, 2.45) is 0 Å². The number of aryl methyl sites for hydroxylation is 1. The number of benzene rings is 2. The van der Waals surface area contributed by atoms with Gasteiger partial charge in [0.25, 0.3) is 0 Å². The number of alkyl halides is 3. The molecule has 5 rings (SSSR count). The molecule has 8 heteroatoms. The molecule has 2 atom stereocenters. The molecule has 2 aromatic carbocycles. The number of nitrogens with one attached hydrogen (secondary N) is 1. The number of nitrogens with zero attached hydrogens (tertiary/aromatic N) is 2. The molecule has 3 heterocycles. The van der Waals surface area contributed by atoms with E-state index in [2.05, 4.69) is 26.8 Å². The van der Waals surface area contributed by atoms with E-state index >= 15 is 0 Å². The lowest BCUT2D eigenvalue weighted by atomic mass is 9.88. The van der Waals surface area contributed by atoms with Crippen LogP contribution in [-0.4, -0.2) is 43.1 Å². The second-order valence-electron chi connectivity index (χ2n) is 9.08. The lowest BCUT2D eigenvalue weighted by molar-refractivity contribution is -0.275. The van der Waals surface area contributed by atoms with Crippen LogP contribution in [0.4, 0.5) is 28.9 Å². The van der Waals surface area contributed by atoms with Crippen LogP contribution in [0.25, 0.3) is 0 Å². The molecular formula is C24H27F4N3O. The number of rotatable bonds is 4. The topological polar surface area (TPSA) is 27.7 Å². The van der Waals surface area contributed by atoms with Crippen molar-refractivity contribution in [1.29, 1.82) is 0 Å². The summed E-state index contributed by atoms with van der Waals surface area (Å²) >= 11 is 0. The van der Waals surface area contributed by atoms with E-state index in [0.717, 1.165) is 62.3 Å². The van der Waals surface area contributed by atoms with Gasteiger partial charge in [-0.3, -0.25) is 4.90 Å². The maximum atomic E-state index is 14.0. The van der Waals surface area contributed by atoms with Gasteiger partial charge in [0.05, 0.1) is 11.4 Å². The number of piperidine rings is 1. The van der Waals surface area contributed by atoms with E-state index in [-0.39, 0.29) is 23.7 Å². The van der Waals surface area contributed by atoms with Crippen molar-refractivity contribution in [3.8, 4) is 5.75 Å². The number of ether oxygens (including phenoxy) is 1. The van der Waals surface area contributed by atoms with Gasteiger partial charge in [-0.1, -0.05) is 18.2 Å². The molecule has 0 aliphatic carbocycles. The van der Waals surface area contributed by atoms with Gasteiger partial charge >= 0.3 is 6.36 Å². The summed E-state index contributed by atoms with van der Waals surface area (Å²) in [7, 11) is 0. The van der Waals surface area contributed by atoms with Crippen LogP contribution in [0.3, 0.4) is 0 Å². The van der Waals surface area contributed by atoms with Crippen LogP contribution >= 0.6 is 0 Å². The highest BCUT2D eigenvalue weighted by molar-refractivity contribution is 5.80. The normalized spacial score (nSPS) is 23.7. The Labute approximate surface area is 185 Å². The first-order chi connectivity index (χ1) is 15.3. The number of halogens is 4. The third-order valence-electron chi connectivity index (χ3n) is 6.98. The molecule has 2 aromatic rings. The minimum atomic E-state index is -4.69. The molecule has 172 valence electrons. The average molecular weight is 449 g/mol. The van der Waals surface area contributed by atoms with Crippen LogP contribution < -0.4 is 15.0 Å². The van der Waals surface area contributed by atoms with E-state index < -0.39 is 6.36 Å².